The Morgan fingerprint density at radius 3 is 3.00 bits per heavy atom. The fraction of sp³-hybridized carbons (Fsp3) is 0.636. The van der Waals surface area contributed by atoms with Gasteiger partial charge < -0.3 is 11.1 Å². The summed E-state index contributed by atoms with van der Waals surface area (Å²) in [7, 11) is 0. The molecule has 92 valence electrons. The van der Waals surface area contributed by atoms with Crippen LogP contribution in [0.2, 0.25) is 5.02 Å². The first-order chi connectivity index (χ1) is 8.22. The third-order valence-electron chi connectivity index (χ3n) is 3.39. The van der Waals surface area contributed by atoms with Gasteiger partial charge in [0.1, 0.15) is 5.02 Å². The van der Waals surface area contributed by atoms with Crippen LogP contribution in [0.1, 0.15) is 19.3 Å². The fourth-order valence-electron chi connectivity index (χ4n) is 2.35. The van der Waals surface area contributed by atoms with Gasteiger partial charge in [-0.15, -0.1) is 0 Å². The molecule has 0 amide bonds. The van der Waals surface area contributed by atoms with Crippen LogP contribution in [0.3, 0.4) is 0 Å². The summed E-state index contributed by atoms with van der Waals surface area (Å²) < 4.78 is 0. The van der Waals surface area contributed by atoms with Crippen LogP contribution in [0, 0.1) is 0 Å². The summed E-state index contributed by atoms with van der Waals surface area (Å²) in [6, 6.07) is 1.25. The minimum absolute atomic E-state index is 0.258. The van der Waals surface area contributed by atoms with E-state index >= 15 is 0 Å². The summed E-state index contributed by atoms with van der Waals surface area (Å²) in [5, 5.41) is 3.89. The van der Waals surface area contributed by atoms with E-state index in [1.54, 1.807) is 6.20 Å². The van der Waals surface area contributed by atoms with Crippen LogP contribution in [0.25, 0.3) is 0 Å². The van der Waals surface area contributed by atoms with Crippen LogP contribution >= 0.6 is 11.6 Å². The van der Waals surface area contributed by atoms with Gasteiger partial charge in [-0.05, 0) is 19.3 Å². The highest BCUT2D eigenvalue weighted by molar-refractivity contribution is 6.32. The second-order valence-electron chi connectivity index (χ2n) is 4.78. The van der Waals surface area contributed by atoms with E-state index < -0.39 is 0 Å². The molecular weight excluding hydrogens is 238 g/mol. The molecule has 3 N–H and O–H groups in total. The van der Waals surface area contributed by atoms with Gasteiger partial charge in [-0.1, -0.05) is 11.6 Å². The number of nitrogens with one attached hydrogen (secondary N) is 1. The number of hydrogen-bond acceptors (Lipinski definition) is 5. The van der Waals surface area contributed by atoms with E-state index in [0.29, 0.717) is 16.9 Å². The second kappa shape index (κ2) is 4.31. The molecule has 0 aromatic carbocycles. The van der Waals surface area contributed by atoms with Gasteiger partial charge >= 0.3 is 0 Å². The number of hydrogen-bond donors (Lipinski definition) is 2. The van der Waals surface area contributed by atoms with Gasteiger partial charge in [0, 0.05) is 25.2 Å². The molecule has 2 fully saturated rings. The Hall–Kier alpha value is -1.07. The lowest BCUT2D eigenvalue weighted by atomic mass is 10.2. The first kappa shape index (κ1) is 11.0. The summed E-state index contributed by atoms with van der Waals surface area (Å²) in [5.41, 5.74) is 5.56. The smallest absolute Gasteiger partial charge is 0.222 e. The number of halogens is 1. The lowest BCUT2D eigenvalue weighted by Crippen LogP contribution is -2.28. The van der Waals surface area contributed by atoms with E-state index in [2.05, 4.69) is 20.2 Å². The third kappa shape index (κ3) is 2.45. The minimum atomic E-state index is 0.258. The Morgan fingerprint density at radius 2 is 2.24 bits per heavy atom. The molecule has 6 heteroatoms. The zero-order chi connectivity index (χ0) is 11.8. The Kier molecular flexibility index (Phi) is 2.80. The summed E-state index contributed by atoms with van der Waals surface area (Å²) in [5.74, 6) is 0.913. The number of aromatic nitrogens is 2. The third-order valence-corrected chi connectivity index (χ3v) is 3.66. The Labute approximate surface area is 105 Å². The van der Waals surface area contributed by atoms with Crippen molar-refractivity contribution in [2.75, 3.05) is 24.1 Å². The van der Waals surface area contributed by atoms with Gasteiger partial charge in [0.15, 0.2) is 5.82 Å². The summed E-state index contributed by atoms with van der Waals surface area (Å²) in [6.45, 7) is 2.24. The molecule has 1 aromatic rings. The number of anilines is 2. The molecule has 1 atom stereocenters. The molecule has 3 rings (SSSR count). The van der Waals surface area contributed by atoms with Gasteiger partial charge in [-0.2, -0.15) is 4.98 Å². The zero-order valence-corrected chi connectivity index (χ0v) is 10.3. The first-order valence-corrected chi connectivity index (χ1v) is 6.39. The molecule has 1 unspecified atom stereocenters. The van der Waals surface area contributed by atoms with Crippen molar-refractivity contribution in [3.05, 3.63) is 11.2 Å². The SMILES string of the molecule is Nc1ncc(Cl)c(NC2CCN(C3CC3)C2)n1. The molecule has 0 spiro atoms. The van der Waals surface area contributed by atoms with Gasteiger partial charge in [0.05, 0.1) is 6.20 Å². The van der Waals surface area contributed by atoms with Crippen LogP contribution in [0.4, 0.5) is 11.8 Å². The maximum Gasteiger partial charge on any atom is 0.222 e. The van der Waals surface area contributed by atoms with E-state index in [-0.39, 0.29) is 5.95 Å². The lowest BCUT2D eigenvalue weighted by Gasteiger charge is -2.16. The summed E-state index contributed by atoms with van der Waals surface area (Å²) in [6.07, 6.45) is 5.39. The standard InChI is InChI=1S/C11H16ClN5/c12-9-5-14-11(13)16-10(9)15-7-3-4-17(6-7)8-1-2-8/h5,7-8H,1-4,6H2,(H3,13,14,15,16). The number of likely N-dealkylation sites (tertiary alicyclic amines) is 1. The topological polar surface area (TPSA) is 67.1 Å². The van der Waals surface area contributed by atoms with Gasteiger partial charge in [0.2, 0.25) is 5.95 Å². The van der Waals surface area contributed by atoms with Crippen molar-refractivity contribution < 1.29 is 0 Å². The van der Waals surface area contributed by atoms with Gasteiger partial charge in [-0.3, -0.25) is 4.90 Å². The predicted octanol–water partition coefficient (Wildman–Crippen LogP) is 1.36. The van der Waals surface area contributed by atoms with Crippen molar-refractivity contribution in [3.8, 4) is 0 Å². The molecular formula is C11H16ClN5. The van der Waals surface area contributed by atoms with Crippen molar-refractivity contribution in [3.63, 3.8) is 0 Å². The van der Waals surface area contributed by atoms with Crippen LogP contribution in [-0.4, -0.2) is 40.0 Å². The minimum Gasteiger partial charge on any atom is -0.368 e. The monoisotopic (exact) mass is 253 g/mol. The number of rotatable bonds is 3. The van der Waals surface area contributed by atoms with E-state index in [0.717, 1.165) is 19.0 Å². The largest absolute Gasteiger partial charge is 0.368 e. The molecule has 1 aliphatic carbocycles. The molecule has 0 bridgehead atoms. The number of nitrogens with two attached hydrogens (primary N) is 1. The predicted molar refractivity (Wildman–Crippen MR) is 68.1 cm³/mol. The Balaban J connectivity index is 1.64. The lowest BCUT2D eigenvalue weighted by molar-refractivity contribution is 0.326. The van der Waals surface area contributed by atoms with Gasteiger partial charge in [-0.25, -0.2) is 4.98 Å². The fourth-order valence-corrected chi connectivity index (χ4v) is 2.50. The zero-order valence-electron chi connectivity index (χ0n) is 9.56. The van der Waals surface area contributed by atoms with Crippen molar-refractivity contribution in [2.45, 2.75) is 31.3 Å². The van der Waals surface area contributed by atoms with Gasteiger partial charge in [0.25, 0.3) is 0 Å². The van der Waals surface area contributed by atoms with Crippen LogP contribution in [-0.2, 0) is 0 Å². The molecule has 1 saturated carbocycles. The molecule has 1 aliphatic heterocycles. The maximum absolute atomic E-state index is 6.03. The molecule has 17 heavy (non-hydrogen) atoms. The van der Waals surface area contributed by atoms with Crippen molar-refractivity contribution >= 4 is 23.4 Å². The highest BCUT2D eigenvalue weighted by Crippen LogP contribution is 2.31. The molecule has 2 heterocycles. The molecule has 0 radical (unpaired) electrons. The van der Waals surface area contributed by atoms with Crippen LogP contribution in [0.15, 0.2) is 6.20 Å². The average Bonchev–Trinajstić information content (AvgIpc) is 3.05. The Bertz CT molecular complexity index is 420. The molecule has 5 nitrogen and oxygen atoms in total. The number of nitrogen functional groups attached to an aromatic ring is 1. The first-order valence-electron chi connectivity index (χ1n) is 6.01. The van der Waals surface area contributed by atoms with Crippen molar-refractivity contribution in [1.82, 2.24) is 14.9 Å². The summed E-state index contributed by atoms with van der Waals surface area (Å²) >= 11 is 6.03. The summed E-state index contributed by atoms with van der Waals surface area (Å²) in [4.78, 5) is 10.5. The Morgan fingerprint density at radius 1 is 1.41 bits per heavy atom. The molecule has 1 aromatic heterocycles. The normalized spacial score (nSPS) is 25.1. The quantitative estimate of drug-likeness (QED) is 0.852. The van der Waals surface area contributed by atoms with Crippen LogP contribution in [0.5, 0.6) is 0 Å². The molecule has 1 saturated heterocycles. The average molecular weight is 254 g/mol. The molecule has 2 aliphatic rings. The number of nitrogens with zero attached hydrogens (tertiary/aromatic N) is 3. The van der Waals surface area contributed by atoms with E-state index in [4.69, 9.17) is 17.3 Å². The van der Waals surface area contributed by atoms with E-state index in [1.165, 1.54) is 19.4 Å². The second-order valence-corrected chi connectivity index (χ2v) is 5.19. The van der Waals surface area contributed by atoms with Crippen molar-refractivity contribution in [1.29, 1.82) is 0 Å². The van der Waals surface area contributed by atoms with Crippen molar-refractivity contribution in [2.24, 2.45) is 0 Å². The maximum atomic E-state index is 6.03. The van der Waals surface area contributed by atoms with E-state index in [1.807, 2.05) is 0 Å². The van der Waals surface area contributed by atoms with Crippen LogP contribution < -0.4 is 11.1 Å². The highest BCUT2D eigenvalue weighted by atomic mass is 35.5. The highest BCUT2D eigenvalue weighted by Gasteiger charge is 2.34. The van der Waals surface area contributed by atoms with E-state index in [9.17, 15) is 0 Å².